The van der Waals surface area contributed by atoms with Gasteiger partial charge in [0.25, 0.3) is 0 Å². The third-order valence-electron chi connectivity index (χ3n) is 9.24. The van der Waals surface area contributed by atoms with Gasteiger partial charge in [-0.2, -0.15) is 0 Å². The third kappa shape index (κ3) is 4.04. The highest BCUT2D eigenvalue weighted by molar-refractivity contribution is 7.26. The van der Waals surface area contributed by atoms with Crippen molar-refractivity contribution in [3.05, 3.63) is 145 Å². The van der Waals surface area contributed by atoms with Gasteiger partial charge in [-0.15, -0.1) is 11.3 Å². The van der Waals surface area contributed by atoms with Gasteiger partial charge in [-0.25, -0.2) is 4.98 Å². The standard InChI is InChI=1S/C41H30N2S/c1-2-12-28(13-3-1)32-17-6-8-22-37(32)43-38-23-9-7-21-36(38)42-41(43)35-20-11-19-34-33-25-24-29(26-39(33)44-40(34)35)31-18-10-15-27-14-4-5-16-30(27)31/h1-3,6-13,15,17-26H,4-5,14,16H2. The molecule has 9 rings (SSSR count). The van der Waals surface area contributed by atoms with E-state index in [-0.39, 0.29) is 0 Å². The first-order valence-electron chi connectivity index (χ1n) is 15.5. The smallest absolute Gasteiger partial charge is 0.147 e. The minimum atomic E-state index is 0.976. The fraction of sp³-hybridized carbons (Fsp3) is 0.0976. The third-order valence-corrected chi connectivity index (χ3v) is 10.4. The molecule has 2 aromatic heterocycles. The predicted molar refractivity (Wildman–Crippen MR) is 187 cm³/mol. The van der Waals surface area contributed by atoms with E-state index in [4.69, 9.17) is 4.98 Å². The van der Waals surface area contributed by atoms with Crippen LogP contribution < -0.4 is 0 Å². The van der Waals surface area contributed by atoms with Crippen LogP contribution in [0, 0.1) is 0 Å². The van der Waals surface area contributed by atoms with Gasteiger partial charge in [0, 0.05) is 31.3 Å². The van der Waals surface area contributed by atoms with Crippen LogP contribution in [0.25, 0.3) is 70.5 Å². The highest BCUT2D eigenvalue weighted by Gasteiger charge is 2.21. The average molecular weight is 583 g/mol. The number of thiophene rings is 1. The van der Waals surface area contributed by atoms with E-state index in [0.29, 0.717) is 0 Å². The topological polar surface area (TPSA) is 17.8 Å². The summed E-state index contributed by atoms with van der Waals surface area (Å²) in [6.07, 6.45) is 4.97. The lowest BCUT2D eigenvalue weighted by Crippen LogP contribution is -2.04. The van der Waals surface area contributed by atoms with Crippen molar-refractivity contribution in [1.82, 2.24) is 9.55 Å². The Balaban J connectivity index is 1.27. The molecule has 44 heavy (non-hydrogen) atoms. The molecule has 1 aliphatic carbocycles. The zero-order valence-electron chi connectivity index (χ0n) is 24.3. The second-order valence-electron chi connectivity index (χ2n) is 11.8. The molecule has 0 atom stereocenters. The minimum Gasteiger partial charge on any atom is -0.292 e. The zero-order valence-corrected chi connectivity index (χ0v) is 25.1. The lowest BCUT2D eigenvalue weighted by molar-refractivity contribution is 0.687. The Morgan fingerprint density at radius 1 is 0.568 bits per heavy atom. The summed E-state index contributed by atoms with van der Waals surface area (Å²) >= 11 is 1.89. The quantitative estimate of drug-likeness (QED) is 0.202. The Morgan fingerprint density at radius 2 is 1.34 bits per heavy atom. The summed E-state index contributed by atoms with van der Waals surface area (Å²) in [4.78, 5) is 5.30. The number of para-hydroxylation sites is 3. The highest BCUT2D eigenvalue weighted by atomic mass is 32.1. The lowest BCUT2D eigenvalue weighted by atomic mass is 9.86. The minimum absolute atomic E-state index is 0.976. The lowest BCUT2D eigenvalue weighted by Gasteiger charge is -2.19. The van der Waals surface area contributed by atoms with Gasteiger partial charge in [0.1, 0.15) is 5.82 Å². The van der Waals surface area contributed by atoms with E-state index in [1.165, 1.54) is 79.2 Å². The normalized spacial score (nSPS) is 13.1. The van der Waals surface area contributed by atoms with Crippen molar-refractivity contribution in [3.8, 4) is 39.3 Å². The van der Waals surface area contributed by atoms with Crippen molar-refractivity contribution in [2.24, 2.45) is 0 Å². The molecule has 0 bridgehead atoms. The van der Waals surface area contributed by atoms with E-state index in [0.717, 1.165) is 22.5 Å². The molecule has 0 radical (unpaired) electrons. The van der Waals surface area contributed by atoms with Crippen molar-refractivity contribution < 1.29 is 0 Å². The van der Waals surface area contributed by atoms with Crippen LogP contribution in [-0.4, -0.2) is 9.55 Å². The molecule has 6 aromatic carbocycles. The molecule has 0 N–H and O–H groups in total. The average Bonchev–Trinajstić information content (AvgIpc) is 3.67. The van der Waals surface area contributed by atoms with Gasteiger partial charge < -0.3 is 0 Å². The summed E-state index contributed by atoms with van der Waals surface area (Å²) in [7, 11) is 0. The number of aryl methyl sites for hydroxylation is 1. The van der Waals surface area contributed by atoms with Gasteiger partial charge >= 0.3 is 0 Å². The number of benzene rings is 6. The number of aromatic nitrogens is 2. The van der Waals surface area contributed by atoms with Gasteiger partial charge in [0.05, 0.1) is 16.7 Å². The fourth-order valence-electron chi connectivity index (χ4n) is 7.17. The molecule has 210 valence electrons. The van der Waals surface area contributed by atoms with Crippen LogP contribution in [0.15, 0.2) is 133 Å². The van der Waals surface area contributed by atoms with Crippen LogP contribution in [0.5, 0.6) is 0 Å². The Kier molecular flexibility index (Phi) is 5.98. The van der Waals surface area contributed by atoms with Gasteiger partial charge in [0.2, 0.25) is 0 Å². The van der Waals surface area contributed by atoms with Gasteiger partial charge in [0.15, 0.2) is 0 Å². The van der Waals surface area contributed by atoms with Crippen LogP contribution in [-0.2, 0) is 12.8 Å². The molecule has 2 heterocycles. The summed E-state index contributed by atoms with van der Waals surface area (Å²) in [6, 6.07) is 48.5. The largest absolute Gasteiger partial charge is 0.292 e. The summed E-state index contributed by atoms with van der Waals surface area (Å²) in [5.41, 5.74) is 12.6. The second kappa shape index (κ2) is 10.3. The van der Waals surface area contributed by atoms with Crippen LogP contribution >= 0.6 is 11.3 Å². The molecule has 8 aromatic rings. The fourth-order valence-corrected chi connectivity index (χ4v) is 8.43. The monoisotopic (exact) mass is 582 g/mol. The highest BCUT2D eigenvalue weighted by Crippen LogP contribution is 2.43. The molecular formula is C41H30N2S. The van der Waals surface area contributed by atoms with Crippen molar-refractivity contribution >= 4 is 42.5 Å². The molecule has 0 aliphatic heterocycles. The van der Waals surface area contributed by atoms with E-state index >= 15 is 0 Å². The number of fused-ring (bicyclic) bond motifs is 5. The van der Waals surface area contributed by atoms with Gasteiger partial charge in [-0.1, -0.05) is 103 Å². The van der Waals surface area contributed by atoms with E-state index in [1.54, 1.807) is 5.56 Å². The van der Waals surface area contributed by atoms with Crippen molar-refractivity contribution in [1.29, 1.82) is 0 Å². The maximum atomic E-state index is 5.30. The van der Waals surface area contributed by atoms with E-state index < -0.39 is 0 Å². The molecule has 0 fully saturated rings. The number of hydrogen-bond donors (Lipinski definition) is 0. The first kappa shape index (κ1) is 25.5. The second-order valence-corrected chi connectivity index (χ2v) is 12.8. The zero-order chi connectivity index (χ0) is 29.0. The van der Waals surface area contributed by atoms with Crippen molar-refractivity contribution in [2.75, 3.05) is 0 Å². The Bertz CT molecular complexity index is 2340. The molecule has 0 saturated heterocycles. The molecule has 3 heteroatoms. The van der Waals surface area contributed by atoms with Crippen molar-refractivity contribution in [2.45, 2.75) is 25.7 Å². The summed E-state index contributed by atoms with van der Waals surface area (Å²) < 4.78 is 4.97. The summed E-state index contributed by atoms with van der Waals surface area (Å²) in [5.74, 6) is 0.976. The van der Waals surface area contributed by atoms with E-state index in [1.807, 2.05) is 11.3 Å². The van der Waals surface area contributed by atoms with Gasteiger partial charge in [-0.3, -0.25) is 4.57 Å². The van der Waals surface area contributed by atoms with Crippen LogP contribution in [0.3, 0.4) is 0 Å². The molecule has 0 amide bonds. The first-order chi connectivity index (χ1) is 21.8. The van der Waals surface area contributed by atoms with Crippen molar-refractivity contribution in [3.63, 3.8) is 0 Å². The number of nitrogens with zero attached hydrogens (tertiary/aromatic N) is 2. The van der Waals surface area contributed by atoms with Crippen LogP contribution in [0.1, 0.15) is 24.0 Å². The first-order valence-corrected chi connectivity index (χ1v) is 16.3. The molecular weight excluding hydrogens is 553 g/mol. The Hall–Kier alpha value is -4.99. The maximum Gasteiger partial charge on any atom is 0.147 e. The van der Waals surface area contributed by atoms with E-state index in [9.17, 15) is 0 Å². The number of imidazole rings is 1. The number of rotatable bonds is 4. The number of hydrogen-bond acceptors (Lipinski definition) is 2. The van der Waals surface area contributed by atoms with E-state index in [2.05, 4.69) is 138 Å². The molecule has 1 aliphatic rings. The molecule has 0 unspecified atom stereocenters. The summed E-state index contributed by atoms with van der Waals surface area (Å²) in [5, 5.41) is 2.60. The maximum absolute atomic E-state index is 5.30. The SMILES string of the molecule is c1ccc(-c2ccccc2-n2c(-c3cccc4c3sc3cc(-c5cccc6c5CCCC6)ccc34)nc3ccccc32)cc1. The van der Waals surface area contributed by atoms with Crippen LogP contribution in [0.4, 0.5) is 0 Å². The Morgan fingerprint density at radius 3 is 2.30 bits per heavy atom. The predicted octanol–water partition coefficient (Wildman–Crippen LogP) is 11.3. The molecule has 0 saturated carbocycles. The Labute approximate surface area is 260 Å². The van der Waals surface area contributed by atoms with Crippen LogP contribution in [0.2, 0.25) is 0 Å². The summed E-state index contributed by atoms with van der Waals surface area (Å²) in [6.45, 7) is 0. The van der Waals surface area contributed by atoms with Gasteiger partial charge in [-0.05, 0) is 83.8 Å². The molecule has 2 nitrogen and oxygen atoms in total. The molecule has 0 spiro atoms.